The van der Waals surface area contributed by atoms with Crippen molar-refractivity contribution in [2.45, 2.75) is 25.9 Å². The van der Waals surface area contributed by atoms with Crippen molar-refractivity contribution in [2.75, 3.05) is 5.73 Å². The Morgan fingerprint density at radius 1 is 1.14 bits per heavy atom. The number of fused-ring (bicyclic) bond motifs is 2. The van der Waals surface area contributed by atoms with Crippen LogP contribution in [0.1, 0.15) is 28.6 Å². The van der Waals surface area contributed by atoms with E-state index in [1.807, 2.05) is 54.2 Å². The van der Waals surface area contributed by atoms with E-state index in [2.05, 4.69) is 30.6 Å². The molecule has 35 heavy (non-hydrogen) atoms. The van der Waals surface area contributed by atoms with E-state index in [9.17, 15) is 4.79 Å². The minimum atomic E-state index is -0.429. The molecular formula is C24H22N10O. The highest BCUT2D eigenvalue weighted by Gasteiger charge is 2.23. The first kappa shape index (κ1) is 20.9. The SMILES string of the molecule is Cn1ccc(-c2nc(N)c(C(=O)NCc3nnc4n3CCC4)nc2-c2ccc3ncccc3c2)n1. The van der Waals surface area contributed by atoms with Gasteiger partial charge in [0.05, 0.1) is 17.8 Å². The minimum Gasteiger partial charge on any atom is -0.382 e. The van der Waals surface area contributed by atoms with Crippen molar-refractivity contribution < 1.29 is 4.79 Å². The summed E-state index contributed by atoms with van der Waals surface area (Å²) >= 11 is 0. The van der Waals surface area contributed by atoms with Gasteiger partial charge in [0.25, 0.3) is 5.91 Å². The van der Waals surface area contributed by atoms with E-state index in [-0.39, 0.29) is 18.1 Å². The molecule has 5 aromatic rings. The second-order valence-electron chi connectivity index (χ2n) is 8.41. The van der Waals surface area contributed by atoms with E-state index in [4.69, 9.17) is 10.7 Å². The topological polar surface area (TPSA) is 142 Å². The summed E-state index contributed by atoms with van der Waals surface area (Å²) in [6.45, 7) is 1.08. The highest BCUT2D eigenvalue weighted by atomic mass is 16.1. The molecule has 5 heterocycles. The standard InChI is InChI=1S/C24H22N10O/c1-33-11-8-17(32-33)21-20(15-6-7-16-14(12-15)4-2-9-26-16)28-22(23(25)29-21)24(35)27-13-19-31-30-18-5-3-10-34(18)19/h2,4,6-9,11-12H,3,5,10,13H2,1H3,(H2,25,29)(H,27,35). The molecule has 0 fully saturated rings. The van der Waals surface area contributed by atoms with Gasteiger partial charge in [-0.15, -0.1) is 10.2 Å². The van der Waals surface area contributed by atoms with Crippen LogP contribution in [-0.4, -0.2) is 45.4 Å². The Labute approximate surface area is 200 Å². The van der Waals surface area contributed by atoms with Crippen molar-refractivity contribution in [1.82, 2.24) is 44.8 Å². The fourth-order valence-corrected chi connectivity index (χ4v) is 4.34. The lowest BCUT2D eigenvalue weighted by Crippen LogP contribution is -2.27. The van der Waals surface area contributed by atoms with Crippen molar-refractivity contribution in [3.05, 3.63) is 66.1 Å². The summed E-state index contributed by atoms with van der Waals surface area (Å²) in [5.74, 6) is 1.26. The van der Waals surface area contributed by atoms with Gasteiger partial charge in [-0.05, 0) is 30.7 Å². The average Bonchev–Trinajstić information content (AvgIpc) is 3.60. The normalized spacial score (nSPS) is 12.7. The van der Waals surface area contributed by atoms with Crippen molar-refractivity contribution in [3.63, 3.8) is 0 Å². The molecule has 4 aromatic heterocycles. The van der Waals surface area contributed by atoms with Crippen LogP contribution in [0.15, 0.2) is 48.8 Å². The van der Waals surface area contributed by atoms with Crippen LogP contribution >= 0.6 is 0 Å². The zero-order valence-electron chi connectivity index (χ0n) is 19.0. The van der Waals surface area contributed by atoms with Gasteiger partial charge in [0.1, 0.15) is 17.2 Å². The first-order valence-corrected chi connectivity index (χ1v) is 11.3. The van der Waals surface area contributed by atoms with Gasteiger partial charge in [-0.1, -0.05) is 12.1 Å². The number of rotatable bonds is 5. The summed E-state index contributed by atoms with van der Waals surface area (Å²) in [5, 5.41) is 16.7. The van der Waals surface area contributed by atoms with Gasteiger partial charge in [0.2, 0.25) is 0 Å². The van der Waals surface area contributed by atoms with Crippen LogP contribution in [0.5, 0.6) is 0 Å². The molecule has 0 saturated heterocycles. The lowest BCUT2D eigenvalue weighted by atomic mass is 10.0. The summed E-state index contributed by atoms with van der Waals surface area (Å²) in [6, 6.07) is 11.5. The maximum absolute atomic E-state index is 13.1. The van der Waals surface area contributed by atoms with Gasteiger partial charge < -0.3 is 15.6 Å². The number of carbonyl (C=O) groups is 1. The Balaban J connectivity index is 1.40. The van der Waals surface area contributed by atoms with Crippen molar-refractivity contribution >= 4 is 22.6 Å². The molecule has 0 saturated carbocycles. The number of pyridine rings is 1. The van der Waals surface area contributed by atoms with E-state index in [0.29, 0.717) is 22.9 Å². The van der Waals surface area contributed by atoms with E-state index < -0.39 is 5.91 Å². The largest absolute Gasteiger partial charge is 0.382 e. The molecule has 0 atom stereocenters. The Morgan fingerprint density at radius 3 is 2.91 bits per heavy atom. The summed E-state index contributed by atoms with van der Waals surface area (Å²) in [7, 11) is 1.82. The number of aryl methyl sites for hydroxylation is 2. The number of carbonyl (C=O) groups excluding carboxylic acids is 1. The maximum atomic E-state index is 13.1. The molecule has 0 aliphatic carbocycles. The Kier molecular flexibility index (Phi) is 4.94. The smallest absolute Gasteiger partial charge is 0.274 e. The molecule has 0 radical (unpaired) electrons. The van der Waals surface area contributed by atoms with Crippen LogP contribution < -0.4 is 11.1 Å². The molecule has 1 aliphatic rings. The molecule has 11 heteroatoms. The monoisotopic (exact) mass is 466 g/mol. The van der Waals surface area contributed by atoms with E-state index in [0.717, 1.165) is 41.7 Å². The van der Waals surface area contributed by atoms with Crippen molar-refractivity contribution in [3.8, 4) is 22.6 Å². The quantitative estimate of drug-likeness (QED) is 0.401. The van der Waals surface area contributed by atoms with E-state index >= 15 is 0 Å². The summed E-state index contributed by atoms with van der Waals surface area (Å²) < 4.78 is 3.72. The number of nitrogens with two attached hydrogens (primary N) is 1. The number of amides is 1. The predicted octanol–water partition coefficient (Wildman–Crippen LogP) is 2.14. The molecule has 3 N–H and O–H groups in total. The van der Waals surface area contributed by atoms with E-state index in [1.165, 1.54) is 0 Å². The Hall–Kier alpha value is -4.67. The number of hydrogen-bond acceptors (Lipinski definition) is 8. The number of aromatic nitrogens is 8. The molecule has 6 rings (SSSR count). The number of hydrogen-bond donors (Lipinski definition) is 2. The number of benzene rings is 1. The van der Waals surface area contributed by atoms with Gasteiger partial charge in [-0.25, -0.2) is 9.97 Å². The molecular weight excluding hydrogens is 444 g/mol. The first-order valence-electron chi connectivity index (χ1n) is 11.3. The summed E-state index contributed by atoms with van der Waals surface area (Å²) in [4.78, 5) is 26.8. The molecule has 1 aromatic carbocycles. The number of nitrogens with zero attached hydrogens (tertiary/aromatic N) is 8. The molecule has 0 unspecified atom stereocenters. The number of nitrogen functional groups attached to an aromatic ring is 1. The second kappa shape index (κ2) is 8.28. The molecule has 0 spiro atoms. The summed E-state index contributed by atoms with van der Waals surface area (Å²) in [6.07, 6.45) is 5.50. The lowest BCUT2D eigenvalue weighted by molar-refractivity contribution is 0.0945. The van der Waals surface area contributed by atoms with Gasteiger partial charge in [0, 0.05) is 43.4 Å². The maximum Gasteiger partial charge on any atom is 0.274 e. The molecule has 1 amide bonds. The summed E-state index contributed by atoms with van der Waals surface area (Å²) in [5.41, 5.74) is 9.54. The van der Waals surface area contributed by atoms with Crippen molar-refractivity contribution in [2.24, 2.45) is 7.05 Å². The molecule has 0 bridgehead atoms. The highest BCUT2D eigenvalue weighted by molar-refractivity contribution is 5.98. The Bertz CT molecular complexity index is 1580. The fourth-order valence-electron chi connectivity index (χ4n) is 4.34. The van der Waals surface area contributed by atoms with Crippen LogP contribution in [-0.2, 0) is 26.6 Å². The van der Waals surface area contributed by atoms with Gasteiger partial charge >= 0.3 is 0 Å². The van der Waals surface area contributed by atoms with Crippen LogP contribution in [0.3, 0.4) is 0 Å². The molecule has 1 aliphatic heterocycles. The molecule has 11 nitrogen and oxygen atoms in total. The Morgan fingerprint density at radius 2 is 2.06 bits per heavy atom. The zero-order valence-corrected chi connectivity index (χ0v) is 19.0. The van der Waals surface area contributed by atoms with Gasteiger partial charge in [0.15, 0.2) is 17.3 Å². The van der Waals surface area contributed by atoms with Crippen molar-refractivity contribution in [1.29, 1.82) is 0 Å². The van der Waals surface area contributed by atoms with Crippen LogP contribution in [0.25, 0.3) is 33.5 Å². The third-order valence-electron chi connectivity index (χ3n) is 6.06. The fraction of sp³-hybridized carbons (Fsp3) is 0.208. The first-order chi connectivity index (χ1) is 17.1. The average molecular weight is 467 g/mol. The number of anilines is 1. The third kappa shape index (κ3) is 3.76. The predicted molar refractivity (Wildman–Crippen MR) is 129 cm³/mol. The van der Waals surface area contributed by atoms with Crippen LogP contribution in [0.2, 0.25) is 0 Å². The molecule has 174 valence electrons. The second-order valence-corrected chi connectivity index (χ2v) is 8.41. The van der Waals surface area contributed by atoms with Crippen LogP contribution in [0, 0.1) is 0 Å². The van der Waals surface area contributed by atoms with Crippen LogP contribution in [0.4, 0.5) is 5.82 Å². The lowest BCUT2D eigenvalue weighted by Gasteiger charge is -2.12. The minimum absolute atomic E-state index is 0.0285. The number of nitrogens with one attached hydrogen (secondary N) is 1. The third-order valence-corrected chi connectivity index (χ3v) is 6.06. The van der Waals surface area contributed by atoms with Gasteiger partial charge in [-0.3, -0.25) is 14.5 Å². The zero-order chi connectivity index (χ0) is 23.9. The van der Waals surface area contributed by atoms with E-state index in [1.54, 1.807) is 10.9 Å². The highest BCUT2D eigenvalue weighted by Crippen LogP contribution is 2.31. The van der Waals surface area contributed by atoms with Gasteiger partial charge in [-0.2, -0.15) is 5.10 Å².